The van der Waals surface area contributed by atoms with Crippen molar-refractivity contribution in [3.8, 4) is 10.7 Å². The Morgan fingerprint density at radius 3 is 2.72 bits per heavy atom. The summed E-state index contributed by atoms with van der Waals surface area (Å²) in [6, 6.07) is 6.01. The van der Waals surface area contributed by atoms with Crippen LogP contribution in [-0.2, 0) is 19.8 Å². The van der Waals surface area contributed by atoms with Crippen LogP contribution < -0.4 is 11.2 Å². The average Bonchev–Trinajstić information content (AvgIpc) is 3.13. The van der Waals surface area contributed by atoms with Gasteiger partial charge in [-0.05, 0) is 24.3 Å². The van der Waals surface area contributed by atoms with Crippen molar-refractivity contribution in [1.82, 2.24) is 23.9 Å². The number of rotatable bonds is 5. The van der Waals surface area contributed by atoms with Gasteiger partial charge in [0, 0.05) is 37.7 Å². The van der Waals surface area contributed by atoms with Crippen molar-refractivity contribution >= 4 is 23.1 Å². The number of thiophene rings is 1. The lowest BCUT2D eigenvalue weighted by Crippen LogP contribution is -2.37. The normalized spacial score (nSPS) is 14.2. The summed E-state index contributed by atoms with van der Waals surface area (Å²) in [5.74, 6) is 1.40. The van der Waals surface area contributed by atoms with Gasteiger partial charge in [0.15, 0.2) is 11.0 Å². The Hall–Kier alpha value is -2.13. The van der Waals surface area contributed by atoms with Crippen molar-refractivity contribution < 1.29 is 0 Å². The highest BCUT2D eigenvalue weighted by molar-refractivity contribution is 7.98. The second-order valence-corrected chi connectivity index (χ2v) is 7.94. The van der Waals surface area contributed by atoms with Crippen molar-refractivity contribution in [3.63, 3.8) is 0 Å². The van der Waals surface area contributed by atoms with Gasteiger partial charge >= 0.3 is 5.69 Å². The molecule has 3 aromatic heterocycles. The first-order chi connectivity index (χ1) is 12.1. The summed E-state index contributed by atoms with van der Waals surface area (Å²) >= 11 is 3.16. The fourth-order valence-electron chi connectivity index (χ4n) is 2.67. The van der Waals surface area contributed by atoms with E-state index in [0.29, 0.717) is 17.5 Å². The van der Waals surface area contributed by atoms with Gasteiger partial charge in [-0.25, -0.2) is 4.79 Å². The topological polar surface area (TPSA) is 74.7 Å². The molecule has 0 radical (unpaired) electrons. The molecule has 0 spiro atoms. The van der Waals surface area contributed by atoms with Gasteiger partial charge in [0.1, 0.15) is 0 Å². The number of thioether (sulfide) groups is 1. The van der Waals surface area contributed by atoms with Crippen molar-refractivity contribution in [2.45, 2.75) is 29.8 Å². The fraction of sp³-hybridized carbons (Fsp3) is 0.375. The molecule has 7 nitrogen and oxygen atoms in total. The molecule has 1 aliphatic rings. The van der Waals surface area contributed by atoms with Crippen molar-refractivity contribution in [1.29, 1.82) is 0 Å². The van der Waals surface area contributed by atoms with Gasteiger partial charge in [-0.3, -0.25) is 18.5 Å². The maximum atomic E-state index is 12.1. The van der Waals surface area contributed by atoms with Gasteiger partial charge in [-0.1, -0.05) is 17.8 Å². The van der Waals surface area contributed by atoms with Gasteiger partial charge in [0.2, 0.25) is 0 Å². The molecule has 1 fully saturated rings. The number of nitrogens with zero attached hydrogens (tertiary/aromatic N) is 5. The van der Waals surface area contributed by atoms with Crippen LogP contribution in [0.15, 0.2) is 38.3 Å². The lowest BCUT2D eigenvalue weighted by atomic mass is 10.4. The molecule has 0 unspecified atom stereocenters. The van der Waals surface area contributed by atoms with Crippen LogP contribution in [0.2, 0.25) is 0 Å². The molecule has 1 saturated carbocycles. The van der Waals surface area contributed by atoms with Crippen LogP contribution >= 0.6 is 23.1 Å². The van der Waals surface area contributed by atoms with E-state index < -0.39 is 0 Å². The Bertz CT molecular complexity index is 1030. The van der Waals surface area contributed by atoms with Crippen LogP contribution in [0.3, 0.4) is 0 Å². The monoisotopic (exact) mass is 375 g/mol. The number of hydrogen-bond donors (Lipinski definition) is 0. The number of aromatic nitrogens is 5. The van der Waals surface area contributed by atoms with E-state index in [0.717, 1.165) is 33.3 Å². The Kier molecular flexibility index (Phi) is 4.12. The molecule has 0 atom stereocenters. The lowest BCUT2D eigenvalue weighted by molar-refractivity contribution is 0.659. The Morgan fingerprint density at radius 1 is 1.24 bits per heavy atom. The summed E-state index contributed by atoms with van der Waals surface area (Å²) in [5.41, 5.74) is 0.0776. The van der Waals surface area contributed by atoms with Crippen LogP contribution in [0.4, 0.5) is 0 Å². The zero-order valence-corrected chi connectivity index (χ0v) is 15.5. The van der Waals surface area contributed by atoms with Crippen molar-refractivity contribution in [2.75, 3.05) is 0 Å². The molecule has 130 valence electrons. The first-order valence-corrected chi connectivity index (χ1v) is 9.80. The molecule has 3 aromatic rings. The Balaban J connectivity index is 1.65. The molecule has 25 heavy (non-hydrogen) atoms. The van der Waals surface area contributed by atoms with Crippen LogP contribution in [0, 0.1) is 0 Å². The molecule has 0 bridgehead atoms. The maximum absolute atomic E-state index is 12.1. The molecular formula is C16H17N5O2S2. The number of hydrogen-bond acceptors (Lipinski definition) is 6. The zero-order chi connectivity index (χ0) is 17.6. The van der Waals surface area contributed by atoms with Crippen LogP contribution in [0.25, 0.3) is 10.7 Å². The molecule has 0 N–H and O–H groups in total. The van der Waals surface area contributed by atoms with Crippen molar-refractivity contribution in [3.05, 3.63) is 50.1 Å². The van der Waals surface area contributed by atoms with E-state index in [-0.39, 0.29) is 11.2 Å². The molecule has 0 amide bonds. The highest BCUT2D eigenvalue weighted by Gasteiger charge is 2.30. The predicted molar refractivity (Wildman–Crippen MR) is 98.1 cm³/mol. The first kappa shape index (κ1) is 16.3. The summed E-state index contributed by atoms with van der Waals surface area (Å²) in [6.45, 7) is 0. The van der Waals surface area contributed by atoms with E-state index >= 15 is 0 Å². The maximum Gasteiger partial charge on any atom is 0.330 e. The van der Waals surface area contributed by atoms with E-state index in [1.165, 1.54) is 29.4 Å². The molecule has 9 heteroatoms. The fourth-order valence-corrected chi connectivity index (χ4v) is 4.40. The van der Waals surface area contributed by atoms with E-state index in [1.807, 2.05) is 17.5 Å². The van der Waals surface area contributed by atoms with Crippen LogP contribution in [0.1, 0.15) is 24.6 Å². The third kappa shape index (κ3) is 2.98. The SMILES string of the molecule is Cn1c(CSc2nnc(-c3cccs3)n2C2CC2)cc(=O)n(C)c1=O. The van der Waals surface area contributed by atoms with Crippen molar-refractivity contribution in [2.24, 2.45) is 14.1 Å². The van der Waals surface area contributed by atoms with Gasteiger partial charge < -0.3 is 0 Å². The minimum atomic E-state index is -0.314. The van der Waals surface area contributed by atoms with Crippen LogP contribution in [0.5, 0.6) is 0 Å². The summed E-state index contributed by atoms with van der Waals surface area (Å²) in [4.78, 5) is 25.0. The largest absolute Gasteiger partial charge is 0.330 e. The van der Waals surface area contributed by atoms with Gasteiger partial charge in [-0.15, -0.1) is 21.5 Å². The summed E-state index contributed by atoms with van der Waals surface area (Å²) in [5, 5.41) is 11.6. The van der Waals surface area contributed by atoms with Gasteiger partial charge in [-0.2, -0.15) is 0 Å². The minimum Gasteiger partial charge on any atom is -0.300 e. The smallest absolute Gasteiger partial charge is 0.300 e. The average molecular weight is 375 g/mol. The van der Waals surface area contributed by atoms with E-state index in [9.17, 15) is 9.59 Å². The molecule has 0 aliphatic heterocycles. The third-order valence-electron chi connectivity index (χ3n) is 4.29. The molecule has 3 heterocycles. The minimum absolute atomic E-state index is 0.290. The summed E-state index contributed by atoms with van der Waals surface area (Å²) in [6.07, 6.45) is 2.27. The summed E-state index contributed by atoms with van der Waals surface area (Å²) < 4.78 is 4.80. The summed E-state index contributed by atoms with van der Waals surface area (Å²) in [7, 11) is 3.17. The van der Waals surface area contributed by atoms with E-state index in [4.69, 9.17) is 0 Å². The molecule has 0 aromatic carbocycles. The second kappa shape index (κ2) is 6.30. The predicted octanol–water partition coefficient (Wildman–Crippen LogP) is 2.03. The Labute approximate surface area is 152 Å². The second-order valence-electron chi connectivity index (χ2n) is 6.05. The molecule has 0 saturated heterocycles. The van der Waals surface area contributed by atoms with Gasteiger partial charge in [0.05, 0.1) is 4.88 Å². The van der Waals surface area contributed by atoms with Gasteiger partial charge in [0.25, 0.3) is 5.56 Å². The van der Waals surface area contributed by atoms with E-state index in [2.05, 4.69) is 14.8 Å². The highest BCUT2D eigenvalue weighted by atomic mass is 32.2. The quantitative estimate of drug-likeness (QED) is 0.638. The molecule has 4 rings (SSSR count). The third-order valence-corrected chi connectivity index (χ3v) is 6.14. The molecule has 1 aliphatic carbocycles. The van der Waals surface area contributed by atoms with E-state index in [1.54, 1.807) is 18.4 Å². The highest BCUT2D eigenvalue weighted by Crippen LogP contribution is 2.42. The standard InChI is InChI=1S/C16H17N5O2S2/c1-19-11(8-13(22)20(2)16(19)23)9-25-15-18-17-14(12-4-3-7-24-12)21(15)10-5-6-10/h3-4,7-8,10H,5-6,9H2,1-2H3. The first-order valence-electron chi connectivity index (χ1n) is 7.94. The molecular weight excluding hydrogens is 358 g/mol. The lowest BCUT2D eigenvalue weighted by Gasteiger charge is -2.10. The zero-order valence-electron chi connectivity index (χ0n) is 13.9. The Morgan fingerprint density at radius 2 is 2.04 bits per heavy atom. The van der Waals surface area contributed by atoms with Crippen LogP contribution in [-0.4, -0.2) is 23.9 Å².